The average Bonchev–Trinajstić information content (AvgIpc) is 2.58. The number of piperazine rings is 1. The molecule has 1 aliphatic rings. The largest absolute Gasteiger partial charge is 0.493 e. The molecule has 132 valence electrons. The fourth-order valence-electron chi connectivity index (χ4n) is 2.69. The average molecular weight is 335 g/mol. The molecule has 7 heteroatoms. The number of carbonyl (C=O) groups excluding carboxylic acids is 2. The van der Waals surface area contributed by atoms with Crippen LogP contribution in [-0.2, 0) is 4.79 Å². The molecule has 1 heterocycles. The molecule has 0 aromatic heterocycles. The molecule has 7 nitrogen and oxygen atoms in total. The van der Waals surface area contributed by atoms with Gasteiger partial charge in [-0.05, 0) is 44.0 Å². The van der Waals surface area contributed by atoms with Gasteiger partial charge in [-0.15, -0.1) is 0 Å². The van der Waals surface area contributed by atoms with Gasteiger partial charge in [-0.25, -0.2) is 0 Å². The number of aliphatic hydroxyl groups excluding tert-OH is 1. The number of ether oxygens (including phenoxy) is 1. The molecular weight excluding hydrogens is 310 g/mol. The zero-order chi connectivity index (χ0) is 17.5. The number of nitrogens with two attached hydrogens (primary N) is 1. The van der Waals surface area contributed by atoms with E-state index in [1.54, 1.807) is 12.1 Å². The van der Waals surface area contributed by atoms with E-state index in [0.29, 0.717) is 37.6 Å². The van der Waals surface area contributed by atoms with Crippen molar-refractivity contribution in [2.75, 3.05) is 32.8 Å². The summed E-state index contributed by atoms with van der Waals surface area (Å²) in [7, 11) is 0. The number of hydrogen-bond acceptors (Lipinski definition) is 5. The van der Waals surface area contributed by atoms with Crippen LogP contribution in [0.5, 0.6) is 5.75 Å². The SMILES string of the molecule is Cc1ccc(C(=O)N2CCNC(=O)C2CCO)cc1OCCCN. The Labute approximate surface area is 141 Å². The Bertz CT molecular complexity index is 591. The van der Waals surface area contributed by atoms with Crippen LogP contribution in [0.2, 0.25) is 0 Å². The summed E-state index contributed by atoms with van der Waals surface area (Å²) in [6.07, 6.45) is 0.964. The van der Waals surface area contributed by atoms with E-state index in [1.807, 2.05) is 13.0 Å². The standard InChI is InChI=1S/C17H25N3O4/c1-12-3-4-13(11-15(12)24-10-2-6-18)17(23)20-8-7-19-16(22)14(20)5-9-21/h3-4,11,14,21H,2,5-10,18H2,1H3,(H,19,22). The Kier molecular flexibility index (Phi) is 6.57. The van der Waals surface area contributed by atoms with Crippen molar-refractivity contribution in [3.8, 4) is 5.75 Å². The maximum Gasteiger partial charge on any atom is 0.254 e. The summed E-state index contributed by atoms with van der Waals surface area (Å²) in [6, 6.07) is 4.63. The van der Waals surface area contributed by atoms with Gasteiger partial charge in [-0.2, -0.15) is 0 Å². The lowest BCUT2D eigenvalue weighted by molar-refractivity contribution is -0.128. The lowest BCUT2D eigenvalue weighted by Crippen LogP contribution is -2.57. The first-order chi connectivity index (χ1) is 11.6. The van der Waals surface area contributed by atoms with Crippen molar-refractivity contribution in [2.24, 2.45) is 5.73 Å². The molecule has 1 atom stereocenters. The van der Waals surface area contributed by atoms with Crippen molar-refractivity contribution in [2.45, 2.75) is 25.8 Å². The van der Waals surface area contributed by atoms with E-state index in [2.05, 4.69) is 5.32 Å². The quantitative estimate of drug-likeness (QED) is 0.611. The van der Waals surface area contributed by atoms with Crippen LogP contribution < -0.4 is 15.8 Å². The highest BCUT2D eigenvalue weighted by Crippen LogP contribution is 2.22. The number of aryl methyl sites for hydroxylation is 1. The minimum absolute atomic E-state index is 0.150. The third kappa shape index (κ3) is 4.24. The zero-order valence-corrected chi connectivity index (χ0v) is 14.0. The van der Waals surface area contributed by atoms with Crippen LogP contribution in [0.1, 0.15) is 28.8 Å². The molecule has 2 amide bonds. The van der Waals surface area contributed by atoms with Crippen molar-refractivity contribution >= 4 is 11.8 Å². The lowest BCUT2D eigenvalue weighted by Gasteiger charge is -2.35. The van der Waals surface area contributed by atoms with Gasteiger partial charge in [0.15, 0.2) is 0 Å². The molecule has 1 aromatic rings. The van der Waals surface area contributed by atoms with E-state index < -0.39 is 6.04 Å². The van der Waals surface area contributed by atoms with Crippen LogP contribution in [0.15, 0.2) is 18.2 Å². The van der Waals surface area contributed by atoms with Gasteiger partial charge < -0.3 is 25.8 Å². The smallest absolute Gasteiger partial charge is 0.254 e. The molecule has 1 fully saturated rings. The number of nitrogens with one attached hydrogen (secondary N) is 1. The number of nitrogens with zero attached hydrogens (tertiary/aromatic N) is 1. The van der Waals surface area contributed by atoms with E-state index in [-0.39, 0.29) is 24.8 Å². The molecule has 0 saturated carbocycles. The summed E-state index contributed by atoms with van der Waals surface area (Å²) < 4.78 is 5.68. The van der Waals surface area contributed by atoms with Crippen LogP contribution in [0.4, 0.5) is 0 Å². The molecule has 24 heavy (non-hydrogen) atoms. The summed E-state index contributed by atoms with van der Waals surface area (Å²) >= 11 is 0. The van der Waals surface area contributed by atoms with Gasteiger partial charge in [0.05, 0.1) is 6.61 Å². The highest BCUT2D eigenvalue weighted by atomic mass is 16.5. The Hall–Kier alpha value is -2.12. The van der Waals surface area contributed by atoms with E-state index >= 15 is 0 Å². The molecule has 1 unspecified atom stereocenters. The van der Waals surface area contributed by atoms with Crippen LogP contribution >= 0.6 is 0 Å². The fraction of sp³-hybridized carbons (Fsp3) is 0.529. The first kappa shape index (κ1) is 18.2. The van der Waals surface area contributed by atoms with E-state index in [4.69, 9.17) is 15.6 Å². The van der Waals surface area contributed by atoms with Crippen molar-refractivity contribution in [3.05, 3.63) is 29.3 Å². The monoisotopic (exact) mass is 335 g/mol. The van der Waals surface area contributed by atoms with Crippen molar-refractivity contribution in [1.82, 2.24) is 10.2 Å². The van der Waals surface area contributed by atoms with E-state index in [9.17, 15) is 9.59 Å². The normalized spacial score (nSPS) is 17.5. The minimum Gasteiger partial charge on any atom is -0.493 e. The lowest BCUT2D eigenvalue weighted by atomic mass is 10.1. The number of carbonyl (C=O) groups is 2. The highest BCUT2D eigenvalue weighted by molar-refractivity contribution is 5.98. The predicted octanol–water partition coefficient (Wildman–Crippen LogP) is 0.0456. The maximum atomic E-state index is 12.8. The second-order valence-electron chi connectivity index (χ2n) is 5.79. The second kappa shape index (κ2) is 8.65. The Morgan fingerprint density at radius 2 is 2.29 bits per heavy atom. The first-order valence-corrected chi connectivity index (χ1v) is 8.21. The molecule has 0 radical (unpaired) electrons. The summed E-state index contributed by atoms with van der Waals surface area (Å²) in [5.41, 5.74) is 6.87. The third-order valence-electron chi connectivity index (χ3n) is 4.04. The maximum absolute atomic E-state index is 12.8. The number of hydrogen-bond donors (Lipinski definition) is 3. The summed E-state index contributed by atoms with van der Waals surface area (Å²) in [5, 5.41) is 11.9. The van der Waals surface area contributed by atoms with Gasteiger partial charge in [0, 0.05) is 25.3 Å². The molecule has 1 aliphatic heterocycles. The van der Waals surface area contributed by atoms with Gasteiger partial charge in [0.25, 0.3) is 5.91 Å². The molecule has 4 N–H and O–H groups in total. The van der Waals surface area contributed by atoms with Crippen LogP contribution in [0.25, 0.3) is 0 Å². The van der Waals surface area contributed by atoms with E-state index in [0.717, 1.165) is 12.0 Å². The zero-order valence-electron chi connectivity index (χ0n) is 14.0. The van der Waals surface area contributed by atoms with Gasteiger partial charge in [0.1, 0.15) is 11.8 Å². The van der Waals surface area contributed by atoms with Crippen molar-refractivity contribution in [1.29, 1.82) is 0 Å². The molecular formula is C17H25N3O4. The third-order valence-corrected chi connectivity index (χ3v) is 4.04. The molecule has 0 bridgehead atoms. The number of benzene rings is 1. The van der Waals surface area contributed by atoms with Crippen molar-refractivity contribution in [3.63, 3.8) is 0 Å². The molecule has 1 aromatic carbocycles. The molecule has 2 rings (SSSR count). The number of aliphatic hydroxyl groups is 1. The number of rotatable bonds is 7. The van der Waals surface area contributed by atoms with Crippen LogP contribution in [0, 0.1) is 6.92 Å². The highest BCUT2D eigenvalue weighted by Gasteiger charge is 2.33. The summed E-state index contributed by atoms with van der Waals surface area (Å²) in [5.74, 6) is 0.191. The molecule has 0 spiro atoms. The number of amides is 2. The first-order valence-electron chi connectivity index (χ1n) is 8.21. The fourth-order valence-corrected chi connectivity index (χ4v) is 2.69. The Morgan fingerprint density at radius 1 is 1.50 bits per heavy atom. The Balaban J connectivity index is 2.18. The minimum atomic E-state index is -0.640. The summed E-state index contributed by atoms with van der Waals surface area (Å²) in [4.78, 5) is 26.3. The van der Waals surface area contributed by atoms with Gasteiger partial charge in [-0.1, -0.05) is 6.07 Å². The topological polar surface area (TPSA) is 105 Å². The van der Waals surface area contributed by atoms with Crippen LogP contribution in [-0.4, -0.2) is 60.7 Å². The second-order valence-corrected chi connectivity index (χ2v) is 5.79. The summed E-state index contributed by atoms with van der Waals surface area (Å²) in [6.45, 7) is 3.64. The van der Waals surface area contributed by atoms with Gasteiger partial charge >= 0.3 is 0 Å². The van der Waals surface area contributed by atoms with Gasteiger partial charge in [0.2, 0.25) is 5.91 Å². The predicted molar refractivity (Wildman–Crippen MR) is 89.9 cm³/mol. The van der Waals surface area contributed by atoms with E-state index in [1.165, 1.54) is 4.90 Å². The Morgan fingerprint density at radius 3 is 3.00 bits per heavy atom. The van der Waals surface area contributed by atoms with Crippen LogP contribution in [0.3, 0.4) is 0 Å². The molecule has 1 saturated heterocycles. The van der Waals surface area contributed by atoms with Gasteiger partial charge in [-0.3, -0.25) is 9.59 Å². The molecule has 0 aliphatic carbocycles. The van der Waals surface area contributed by atoms with Crippen molar-refractivity contribution < 1.29 is 19.4 Å².